The first-order valence-electron chi connectivity index (χ1n) is 11.4. The molecule has 32 heavy (non-hydrogen) atoms. The van der Waals surface area contributed by atoms with Crippen LogP contribution in [0.25, 0.3) is 0 Å². The average molecular weight is 451 g/mol. The molecule has 3 rings (SSSR count). The van der Waals surface area contributed by atoms with Crippen molar-refractivity contribution < 1.29 is 8.42 Å². The topological polar surface area (TPSA) is 40.6 Å². The summed E-state index contributed by atoms with van der Waals surface area (Å²) in [6.45, 7) is 12.1. The Morgan fingerprint density at radius 3 is 1.31 bits per heavy atom. The van der Waals surface area contributed by atoms with Crippen molar-refractivity contribution in [1.82, 2.24) is 0 Å². The summed E-state index contributed by atoms with van der Waals surface area (Å²) in [4.78, 5) is 4.85. The Hall–Kier alpha value is -2.79. The highest BCUT2D eigenvalue weighted by Crippen LogP contribution is 2.36. The lowest BCUT2D eigenvalue weighted by Crippen LogP contribution is -2.22. The lowest BCUT2D eigenvalue weighted by Gasteiger charge is -2.24. The molecular formula is C27H34N2O2S. The second kappa shape index (κ2) is 10.7. The maximum absolute atomic E-state index is 13.8. The Kier molecular flexibility index (Phi) is 7.97. The Morgan fingerprint density at radius 2 is 0.969 bits per heavy atom. The van der Waals surface area contributed by atoms with Gasteiger partial charge >= 0.3 is 0 Å². The highest BCUT2D eigenvalue weighted by Gasteiger charge is 2.31. The molecule has 0 spiro atoms. The molecule has 0 heterocycles. The molecule has 0 unspecified atom stereocenters. The summed E-state index contributed by atoms with van der Waals surface area (Å²) >= 11 is 0. The molecule has 0 aliphatic carbocycles. The van der Waals surface area contributed by atoms with Crippen molar-refractivity contribution >= 4 is 21.2 Å². The van der Waals surface area contributed by atoms with Crippen LogP contribution >= 0.6 is 0 Å². The fourth-order valence-electron chi connectivity index (χ4n) is 4.19. The predicted molar refractivity (Wildman–Crippen MR) is 135 cm³/mol. The zero-order chi connectivity index (χ0) is 23.1. The number of sulfone groups is 1. The number of benzene rings is 3. The molecule has 5 heteroatoms. The minimum Gasteiger partial charge on any atom is -0.372 e. The monoisotopic (exact) mass is 450 g/mol. The van der Waals surface area contributed by atoms with E-state index in [0.29, 0.717) is 4.90 Å². The van der Waals surface area contributed by atoms with Gasteiger partial charge in [-0.15, -0.1) is 0 Å². The summed E-state index contributed by atoms with van der Waals surface area (Å²) in [6, 6.07) is 24.7. The third-order valence-electron chi connectivity index (χ3n) is 6.03. The van der Waals surface area contributed by atoms with Crippen LogP contribution in [0, 0.1) is 0 Å². The molecule has 170 valence electrons. The van der Waals surface area contributed by atoms with Crippen molar-refractivity contribution in [2.75, 3.05) is 36.0 Å². The first kappa shape index (κ1) is 23.9. The molecule has 0 saturated heterocycles. The van der Waals surface area contributed by atoms with Crippen LogP contribution in [0.4, 0.5) is 11.4 Å². The highest BCUT2D eigenvalue weighted by atomic mass is 32.2. The molecule has 0 aromatic heterocycles. The second-order valence-electron chi connectivity index (χ2n) is 7.77. The van der Waals surface area contributed by atoms with Gasteiger partial charge in [0.25, 0.3) is 0 Å². The van der Waals surface area contributed by atoms with Gasteiger partial charge in [-0.05, 0) is 75.2 Å². The van der Waals surface area contributed by atoms with Gasteiger partial charge in [0.1, 0.15) is 5.25 Å². The summed E-state index contributed by atoms with van der Waals surface area (Å²) < 4.78 is 27.5. The van der Waals surface area contributed by atoms with Gasteiger partial charge in [0.05, 0.1) is 4.90 Å². The minimum atomic E-state index is -3.62. The Balaban J connectivity index is 2.09. The van der Waals surface area contributed by atoms with Gasteiger partial charge in [-0.2, -0.15) is 0 Å². The lowest BCUT2D eigenvalue weighted by atomic mass is 10.0. The van der Waals surface area contributed by atoms with E-state index in [2.05, 4.69) is 37.5 Å². The minimum absolute atomic E-state index is 0.339. The number of anilines is 2. The molecular weight excluding hydrogens is 416 g/mol. The third kappa shape index (κ3) is 4.99. The molecule has 0 fully saturated rings. The van der Waals surface area contributed by atoms with Crippen molar-refractivity contribution in [3.8, 4) is 0 Å². The largest absolute Gasteiger partial charge is 0.372 e. The summed E-state index contributed by atoms with van der Waals surface area (Å²) in [5, 5.41) is -0.763. The maximum Gasteiger partial charge on any atom is 0.189 e. The Bertz CT molecular complexity index is 1020. The van der Waals surface area contributed by atoms with Crippen molar-refractivity contribution in [2.45, 2.75) is 37.8 Å². The van der Waals surface area contributed by atoms with Crippen LogP contribution in [0.5, 0.6) is 0 Å². The third-order valence-corrected chi connectivity index (χ3v) is 8.13. The first-order valence-corrected chi connectivity index (χ1v) is 13.0. The van der Waals surface area contributed by atoms with Crippen LogP contribution in [0.2, 0.25) is 0 Å². The summed E-state index contributed by atoms with van der Waals surface area (Å²) in [6.07, 6.45) is 0. The van der Waals surface area contributed by atoms with Crippen molar-refractivity contribution in [2.24, 2.45) is 0 Å². The van der Waals surface area contributed by atoms with E-state index in [4.69, 9.17) is 0 Å². The van der Waals surface area contributed by atoms with Crippen LogP contribution < -0.4 is 9.80 Å². The smallest absolute Gasteiger partial charge is 0.189 e. The second-order valence-corrected chi connectivity index (χ2v) is 9.80. The summed E-state index contributed by atoms with van der Waals surface area (Å²) in [5.74, 6) is 0. The molecule has 0 aliphatic heterocycles. The van der Waals surface area contributed by atoms with E-state index in [1.165, 1.54) is 0 Å². The molecule has 0 bridgehead atoms. The standard InChI is InChI=1S/C27H34N2O2S/c1-5-28(6-2)24-18-14-22(15-19-24)27(32(30,31)26-12-10-9-11-13-26)23-16-20-25(21-17-23)29(7-3)8-4/h9-21,27H,5-8H2,1-4H3. The van der Waals surface area contributed by atoms with Crippen LogP contribution in [0.3, 0.4) is 0 Å². The first-order chi connectivity index (χ1) is 15.5. The molecule has 0 N–H and O–H groups in total. The average Bonchev–Trinajstić information content (AvgIpc) is 2.83. The number of hydrogen-bond donors (Lipinski definition) is 0. The zero-order valence-corrected chi connectivity index (χ0v) is 20.3. The number of hydrogen-bond acceptors (Lipinski definition) is 4. The van der Waals surface area contributed by atoms with Crippen LogP contribution in [0.1, 0.15) is 44.1 Å². The van der Waals surface area contributed by atoms with Crippen molar-refractivity contribution in [3.63, 3.8) is 0 Å². The summed E-state index contributed by atoms with van der Waals surface area (Å²) in [7, 11) is -3.62. The van der Waals surface area contributed by atoms with Crippen LogP contribution in [0.15, 0.2) is 83.8 Å². The van der Waals surface area contributed by atoms with Crippen molar-refractivity contribution in [1.29, 1.82) is 0 Å². The molecule has 0 atom stereocenters. The molecule has 4 nitrogen and oxygen atoms in total. The Labute approximate surface area is 193 Å². The van der Waals surface area contributed by atoms with Gasteiger partial charge in [0, 0.05) is 37.6 Å². The fraction of sp³-hybridized carbons (Fsp3) is 0.333. The van der Waals surface area contributed by atoms with Gasteiger partial charge in [0.15, 0.2) is 9.84 Å². The van der Waals surface area contributed by atoms with E-state index < -0.39 is 15.1 Å². The summed E-state index contributed by atoms with van der Waals surface area (Å²) in [5.41, 5.74) is 3.76. The van der Waals surface area contributed by atoms with E-state index >= 15 is 0 Å². The molecule has 0 radical (unpaired) electrons. The van der Waals surface area contributed by atoms with Crippen LogP contribution in [-0.4, -0.2) is 34.6 Å². The van der Waals surface area contributed by atoms with E-state index in [0.717, 1.165) is 48.7 Å². The van der Waals surface area contributed by atoms with Crippen molar-refractivity contribution in [3.05, 3.63) is 90.0 Å². The van der Waals surface area contributed by atoms with E-state index in [1.54, 1.807) is 24.3 Å². The highest BCUT2D eigenvalue weighted by molar-refractivity contribution is 7.91. The zero-order valence-electron chi connectivity index (χ0n) is 19.5. The molecule has 0 saturated carbocycles. The van der Waals surface area contributed by atoms with Gasteiger partial charge in [-0.3, -0.25) is 0 Å². The number of nitrogens with zero attached hydrogens (tertiary/aromatic N) is 2. The maximum atomic E-state index is 13.8. The lowest BCUT2D eigenvalue weighted by molar-refractivity contribution is 0.589. The molecule has 0 aliphatic rings. The Morgan fingerprint density at radius 1 is 0.594 bits per heavy atom. The van der Waals surface area contributed by atoms with Crippen LogP contribution in [-0.2, 0) is 9.84 Å². The normalized spacial score (nSPS) is 11.5. The quantitative estimate of drug-likeness (QED) is 0.383. The number of rotatable bonds is 10. The van der Waals surface area contributed by atoms with Gasteiger partial charge in [-0.1, -0.05) is 42.5 Å². The van der Waals surface area contributed by atoms with Gasteiger partial charge < -0.3 is 9.80 Å². The van der Waals surface area contributed by atoms with E-state index in [9.17, 15) is 8.42 Å². The SMILES string of the molecule is CCN(CC)c1ccc(C(c2ccc(N(CC)CC)cc2)S(=O)(=O)c2ccccc2)cc1. The van der Waals surface area contributed by atoms with Gasteiger partial charge in [-0.25, -0.2) is 8.42 Å². The molecule has 0 amide bonds. The van der Waals surface area contributed by atoms with E-state index in [1.807, 2.05) is 54.6 Å². The van der Waals surface area contributed by atoms with E-state index in [-0.39, 0.29) is 0 Å². The fourth-order valence-corrected chi connectivity index (χ4v) is 6.03. The predicted octanol–water partition coefficient (Wildman–Crippen LogP) is 5.94. The molecule has 3 aromatic rings. The van der Waals surface area contributed by atoms with Gasteiger partial charge in [0.2, 0.25) is 0 Å². The molecule has 3 aromatic carbocycles.